The highest BCUT2D eigenvalue weighted by Crippen LogP contribution is 2.32. The Kier molecular flexibility index (Phi) is 3.98. The second kappa shape index (κ2) is 6.24. The standard InChI is InChI=1S/C15H11N3O6/c19-14(9-1-4-11(5-2-9)18(21)22)16-17-15(20)10-3-6-12-13(7-10)24-8-23-12/h1-7H,8H2,(H,16,19)(H,17,20). The molecule has 0 radical (unpaired) electrons. The average Bonchev–Trinajstić information content (AvgIpc) is 3.07. The van der Waals surface area contributed by atoms with Crippen LogP contribution in [-0.4, -0.2) is 23.5 Å². The van der Waals surface area contributed by atoms with Crippen molar-refractivity contribution in [2.45, 2.75) is 0 Å². The van der Waals surface area contributed by atoms with Gasteiger partial charge in [-0.2, -0.15) is 0 Å². The van der Waals surface area contributed by atoms with Crippen molar-refractivity contribution in [3.05, 3.63) is 63.7 Å². The van der Waals surface area contributed by atoms with E-state index in [4.69, 9.17) is 9.47 Å². The van der Waals surface area contributed by atoms with Gasteiger partial charge in [0.05, 0.1) is 4.92 Å². The number of nitro groups is 1. The van der Waals surface area contributed by atoms with Crippen LogP contribution in [0, 0.1) is 10.1 Å². The second-order valence-corrected chi connectivity index (χ2v) is 4.78. The minimum absolute atomic E-state index is 0.0945. The predicted molar refractivity (Wildman–Crippen MR) is 80.6 cm³/mol. The molecule has 0 aliphatic carbocycles. The molecule has 0 unspecified atom stereocenters. The summed E-state index contributed by atoms with van der Waals surface area (Å²) < 4.78 is 10.3. The highest BCUT2D eigenvalue weighted by molar-refractivity contribution is 5.99. The molecule has 24 heavy (non-hydrogen) atoms. The fraction of sp³-hybridized carbons (Fsp3) is 0.0667. The minimum Gasteiger partial charge on any atom is -0.454 e. The van der Waals surface area contributed by atoms with Gasteiger partial charge in [-0.3, -0.25) is 30.6 Å². The van der Waals surface area contributed by atoms with Gasteiger partial charge in [-0.05, 0) is 30.3 Å². The van der Waals surface area contributed by atoms with E-state index in [1.165, 1.54) is 36.4 Å². The van der Waals surface area contributed by atoms with E-state index in [-0.39, 0.29) is 23.6 Å². The number of hydrazine groups is 1. The van der Waals surface area contributed by atoms with Crippen LogP contribution in [-0.2, 0) is 0 Å². The maximum absolute atomic E-state index is 12.0. The number of carbonyl (C=O) groups excluding carboxylic acids is 2. The van der Waals surface area contributed by atoms with Crippen molar-refractivity contribution in [1.82, 2.24) is 10.9 Å². The average molecular weight is 329 g/mol. The summed E-state index contributed by atoms with van der Waals surface area (Å²) in [5.74, 6) is -0.145. The lowest BCUT2D eigenvalue weighted by Crippen LogP contribution is -2.41. The molecular weight excluding hydrogens is 318 g/mol. The lowest BCUT2D eigenvalue weighted by molar-refractivity contribution is -0.384. The first-order valence-corrected chi connectivity index (χ1v) is 6.79. The number of amides is 2. The number of nitrogens with zero attached hydrogens (tertiary/aromatic N) is 1. The number of carbonyl (C=O) groups is 2. The lowest BCUT2D eigenvalue weighted by atomic mass is 10.2. The molecule has 9 heteroatoms. The fourth-order valence-corrected chi connectivity index (χ4v) is 2.03. The zero-order valence-corrected chi connectivity index (χ0v) is 12.1. The monoisotopic (exact) mass is 329 g/mol. The predicted octanol–water partition coefficient (Wildman–Crippen LogP) is 1.40. The third-order valence-corrected chi connectivity index (χ3v) is 3.26. The number of hydrogen-bond acceptors (Lipinski definition) is 6. The molecule has 1 aliphatic heterocycles. The third kappa shape index (κ3) is 3.09. The summed E-state index contributed by atoms with van der Waals surface area (Å²) in [5.41, 5.74) is 4.82. The van der Waals surface area contributed by atoms with Crippen molar-refractivity contribution in [1.29, 1.82) is 0 Å². The Labute approximate surface area is 135 Å². The minimum atomic E-state index is -0.598. The summed E-state index contributed by atoms with van der Waals surface area (Å²) >= 11 is 0. The van der Waals surface area contributed by atoms with Crippen LogP contribution in [0.5, 0.6) is 11.5 Å². The van der Waals surface area contributed by atoms with Gasteiger partial charge >= 0.3 is 0 Å². The Morgan fingerprint density at radius 3 is 2.17 bits per heavy atom. The summed E-state index contributed by atoms with van der Waals surface area (Å²) in [6.07, 6.45) is 0. The Morgan fingerprint density at radius 2 is 1.50 bits per heavy atom. The maximum Gasteiger partial charge on any atom is 0.269 e. The van der Waals surface area contributed by atoms with E-state index in [1.54, 1.807) is 6.07 Å². The van der Waals surface area contributed by atoms with Gasteiger partial charge < -0.3 is 9.47 Å². The highest BCUT2D eigenvalue weighted by Gasteiger charge is 2.17. The molecule has 122 valence electrons. The number of benzene rings is 2. The zero-order chi connectivity index (χ0) is 17.1. The molecular formula is C15H11N3O6. The molecule has 0 aromatic heterocycles. The quantitative estimate of drug-likeness (QED) is 0.649. The molecule has 0 atom stereocenters. The smallest absolute Gasteiger partial charge is 0.269 e. The molecule has 1 heterocycles. The fourth-order valence-electron chi connectivity index (χ4n) is 2.03. The molecule has 0 saturated carbocycles. The van der Waals surface area contributed by atoms with Gasteiger partial charge in [0.15, 0.2) is 11.5 Å². The Morgan fingerprint density at radius 1 is 0.917 bits per heavy atom. The van der Waals surface area contributed by atoms with E-state index in [1.807, 2.05) is 0 Å². The molecule has 9 nitrogen and oxygen atoms in total. The van der Waals surface area contributed by atoms with Crippen molar-refractivity contribution in [2.75, 3.05) is 6.79 Å². The Bertz CT molecular complexity index is 818. The third-order valence-electron chi connectivity index (χ3n) is 3.26. The molecule has 2 N–H and O–H groups in total. The number of ether oxygens (including phenoxy) is 2. The number of hydrogen-bond donors (Lipinski definition) is 2. The van der Waals surface area contributed by atoms with Crippen molar-refractivity contribution in [3.8, 4) is 11.5 Å². The van der Waals surface area contributed by atoms with Gasteiger partial charge in [0.2, 0.25) is 6.79 Å². The van der Waals surface area contributed by atoms with E-state index in [0.717, 1.165) is 0 Å². The molecule has 2 aromatic rings. The van der Waals surface area contributed by atoms with Gasteiger partial charge in [0.25, 0.3) is 17.5 Å². The Balaban J connectivity index is 1.61. The van der Waals surface area contributed by atoms with E-state index < -0.39 is 16.7 Å². The van der Waals surface area contributed by atoms with Crippen LogP contribution >= 0.6 is 0 Å². The first-order chi connectivity index (χ1) is 11.5. The molecule has 1 aliphatic rings. The zero-order valence-electron chi connectivity index (χ0n) is 12.1. The summed E-state index contributed by atoms with van der Waals surface area (Å²) in [6.45, 7) is 0.0945. The maximum atomic E-state index is 12.0. The van der Waals surface area contributed by atoms with Crippen LogP contribution < -0.4 is 20.3 Å². The molecule has 0 saturated heterocycles. The number of nitro benzene ring substituents is 1. The van der Waals surface area contributed by atoms with Crippen LogP contribution in [0.15, 0.2) is 42.5 Å². The highest BCUT2D eigenvalue weighted by atomic mass is 16.7. The number of nitrogens with one attached hydrogen (secondary N) is 2. The topological polar surface area (TPSA) is 120 Å². The van der Waals surface area contributed by atoms with Gasteiger partial charge in [0.1, 0.15) is 0 Å². The van der Waals surface area contributed by atoms with Crippen molar-refractivity contribution in [3.63, 3.8) is 0 Å². The van der Waals surface area contributed by atoms with Gasteiger partial charge in [-0.1, -0.05) is 0 Å². The summed E-state index contributed by atoms with van der Waals surface area (Å²) in [5, 5.41) is 10.6. The molecule has 0 fully saturated rings. The second-order valence-electron chi connectivity index (χ2n) is 4.78. The van der Waals surface area contributed by atoms with Gasteiger partial charge in [-0.25, -0.2) is 0 Å². The molecule has 2 aromatic carbocycles. The normalized spacial score (nSPS) is 11.7. The van der Waals surface area contributed by atoms with Crippen molar-refractivity contribution >= 4 is 17.5 Å². The lowest BCUT2D eigenvalue weighted by Gasteiger charge is -2.08. The first-order valence-electron chi connectivity index (χ1n) is 6.79. The van der Waals surface area contributed by atoms with E-state index in [0.29, 0.717) is 11.5 Å². The summed E-state index contributed by atoms with van der Waals surface area (Å²) in [6, 6.07) is 9.61. The number of rotatable bonds is 3. The SMILES string of the molecule is O=C(NNC(=O)c1ccc2c(c1)OCO2)c1ccc([N+](=O)[O-])cc1. The van der Waals surface area contributed by atoms with Crippen LogP contribution in [0.25, 0.3) is 0 Å². The van der Waals surface area contributed by atoms with E-state index >= 15 is 0 Å². The first kappa shape index (κ1) is 15.3. The van der Waals surface area contributed by atoms with Crippen LogP contribution in [0.1, 0.15) is 20.7 Å². The van der Waals surface area contributed by atoms with E-state index in [2.05, 4.69) is 10.9 Å². The van der Waals surface area contributed by atoms with Crippen LogP contribution in [0.3, 0.4) is 0 Å². The summed E-state index contributed by atoms with van der Waals surface area (Å²) in [7, 11) is 0. The van der Waals surface area contributed by atoms with Crippen molar-refractivity contribution < 1.29 is 24.0 Å². The molecule has 0 bridgehead atoms. The van der Waals surface area contributed by atoms with E-state index in [9.17, 15) is 19.7 Å². The molecule has 3 rings (SSSR count). The summed E-state index contributed by atoms with van der Waals surface area (Å²) in [4.78, 5) is 33.9. The number of non-ortho nitro benzene ring substituents is 1. The van der Waals surface area contributed by atoms with Crippen molar-refractivity contribution in [2.24, 2.45) is 0 Å². The Hall–Kier alpha value is -3.62. The van der Waals surface area contributed by atoms with Gasteiger partial charge in [0, 0.05) is 23.3 Å². The van der Waals surface area contributed by atoms with Gasteiger partial charge in [-0.15, -0.1) is 0 Å². The van der Waals surface area contributed by atoms with Crippen LogP contribution in [0.4, 0.5) is 5.69 Å². The molecule has 0 spiro atoms. The van der Waals surface area contributed by atoms with Crippen LogP contribution in [0.2, 0.25) is 0 Å². The molecule has 2 amide bonds. The largest absolute Gasteiger partial charge is 0.454 e. The number of fused-ring (bicyclic) bond motifs is 1.